The van der Waals surface area contributed by atoms with Crippen molar-refractivity contribution in [3.63, 3.8) is 0 Å². The average molecular weight is 239 g/mol. The van der Waals surface area contributed by atoms with Crippen molar-refractivity contribution in [1.82, 2.24) is 9.80 Å². The van der Waals surface area contributed by atoms with Crippen LogP contribution in [0.3, 0.4) is 0 Å². The van der Waals surface area contributed by atoms with Crippen LogP contribution in [0.4, 0.5) is 0 Å². The highest BCUT2D eigenvalue weighted by Crippen LogP contribution is 2.46. The Morgan fingerprint density at radius 1 is 1.06 bits per heavy atom. The highest BCUT2D eigenvalue weighted by Gasteiger charge is 2.46. The third kappa shape index (κ3) is 2.67. The van der Waals surface area contributed by atoms with Crippen molar-refractivity contribution in [2.45, 2.75) is 45.6 Å². The monoisotopic (exact) mass is 239 g/mol. The predicted molar refractivity (Wildman–Crippen MR) is 73.1 cm³/mol. The summed E-state index contributed by atoms with van der Waals surface area (Å²) in [4.78, 5) is 5.23. The van der Waals surface area contributed by atoms with E-state index < -0.39 is 0 Å². The Labute approximate surface area is 106 Å². The van der Waals surface area contributed by atoms with Gasteiger partial charge in [-0.2, -0.15) is 0 Å². The van der Waals surface area contributed by atoms with Crippen molar-refractivity contribution in [2.75, 3.05) is 39.3 Å². The van der Waals surface area contributed by atoms with Crippen LogP contribution in [0.15, 0.2) is 0 Å². The zero-order valence-corrected chi connectivity index (χ0v) is 11.8. The Morgan fingerprint density at radius 2 is 1.71 bits per heavy atom. The van der Waals surface area contributed by atoms with Crippen molar-refractivity contribution >= 4 is 0 Å². The largest absolute Gasteiger partial charge is 0.329 e. The molecule has 0 radical (unpaired) electrons. The van der Waals surface area contributed by atoms with E-state index in [0.717, 1.165) is 6.54 Å². The second-order valence-corrected chi connectivity index (χ2v) is 6.69. The van der Waals surface area contributed by atoms with E-state index in [4.69, 9.17) is 5.73 Å². The Morgan fingerprint density at radius 3 is 2.12 bits per heavy atom. The predicted octanol–water partition coefficient (Wildman–Crippen LogP) is 1.53. The number of nitrogens with zero attached hydrogens (tertiary/aromatic N) is 2. The minimum Gasteiger partial charge on any atom is -0.329 e. The van der Waals surface area contributed by atoms with E-state index in [1.807, 2.05) is 0 Å². The van der Waals surface area contributed by atoms with Crippen LogP contribution in [0.5, 0.6) is 0 Å². The molecule has 0 amide bonds. The summed E-state index contributed by atoms with van der Waals surface area (Å²) in [5, 5.41) is 0. The molecule has 2 aliphatic rings. The fourth-order valence-corrected chi connectivity index (χ4v) is 3.75. The molecule has 0 aromatic carbocycles. The molecule has 1 aliphatic carbocycles. The minimum atomic E-state index is 0.309. The molecule has 1 atom stereocenters. The molecule has 0 aromatic heterocycles. The third-order valence-electron chi connectivity index (χ3n) is 4.95. The van der Waals surface area contributed by atoms with Crippen molar-refractivity contribution in [3.8, 4) is 0 Å². The topological polar surface area (TPSA) is 32.5 Å². The summed E-state index contributed by atoms with van der Waals surface area (Å²) in [6, 6.07) is 0. The Kier molecular flexibility index (Phi) is 3.81. The molecule has 0 spiro atoms. The molecule has 3 nitrogen and oxygen atoms in total. The van der Waals surface area contributed by atoms with Crippen molar-refractivity contribution < 1.29 is 0 Å². The van der Waals surface area contributed by atoms with Crippen molar-refractivity contribution in [1.29, 1.82) is 0 Å². The number of hydrogen-bond acceptors (Lipinski definition) is 3. The van der Waals surface area contributed by atoms with Crippen LogP contribution in [0.1, 0.15) is 40.0 Å². The number of piperazine rings is 1. The second kappa shape index (κ2) is 4.87. The first kappa shape index (κ1) is 13.3. The van der Waals surface area contributed by atoms with Gasteiger partial charge < -0.3 is 10.6 Å². The fraction of sp³-hybridized carbons (Fsp3) is 1.00. The molecule has 1 saturated carbocycles. The summed E-state index contributed by atoms with van der Waals surface area (Å²) < 4.78 is 0. The summed E-state index contributed by atoms with van der Waals surface area (Å²) in [5.41, 5.74) is 6.93. The minimum absolute atomic E-state index is 0.309. The Hall–Kier alpha value is -0.120. The molecule has 3 heteroatoms. The third-order valence-corrected chi connectivity index (χ3v) is 4.95. The summed E-state index contributed by atoms with van der Waals surface area (Å²) >= 11 is 0. The zero-order valence-electron chi connectivity index (χ0n) is 11.8. The highest BCUT2D eigenvalue weighted by molar-refractivity contribution is 5.03. The van der Waals surface area contributed by atoms with E-state index in [9.17, 15) is 0 Å². The van der Waals surface area contributed by atoms with Gasteiger partial charge in [0, 0.05) is 38.3 Å². The molecule has 100 valence electrons. The first-order chi connectivity index (χ1) is 8.01. The number of nitrogens with two attached hydrogens (primary N) is 1. The lowest BCUT2D eigenvalue weighted by Crippen LogP contribution is -2.59. The average Bonchev–Trinajstić information content (AvgIpc) is 2.66. The van der Waals surface area contributed by atoms with Gasteiger partial charge in [0.15, 0.2) is 0 Å². The van der Waals surface area contributed by atoms with E-state index in [2.05, 4.69) is 30.6 Å². The number of rotatable bonds is 3. The molecule has 2 fully saturated rings. The fourth-order valence-electron chi connectivity index (χ4n) is 3.75. The van der Waals surface area contributed by atoms with E-state index in [-0.39, 0.29) is 0 Å². The van der Waals surface area contributed by atoms with Gasteiger partial charge in [0.05, 0.1) is 0 Å². The summed E-state index contributed by atoms with van der Waals surface area (Å²) in [7, 11) is 0. The first-order valence-electron chi connectivity index (χ1n) is 7.19. The van der Waals surface area contributed by atoms with Gasteiger partial charge in [-0.1, -0.05) is 20.8 Å². The molecule has 17 heavy (non-hydrogen) atoms. The van der Waals surface area contributed by atoms with Crippen LogP contribution in [-0.4, -0.2) is 54.6 Å². The van der Waals surface area contributed by atoms with Crippen LogP contribution in [0, 0.1) is 5.41 Å². The lowest BCUT2D eigenvalue weighted by atomic mass is 9.86. The van der Waals surface area contributed by atoms with E-state index in [0.29, 0.717) is 11.0 Å². The van der Waals surface area contributed by atoms with E-state index >= 15 is 0 Å². The van der Waals surface area contributed by atoms with Gasteiger partial charge in [-0.3, -0.25) is 4.90 Å². The second-order valence-electron chi connectivity index (χ2n) is 6.69. The number of likely N-dealkylation sites (N-methyl/N-ethyl adjacent to an activating group) is 1. The quantitative estimate of drug-likeness (QED) is 0.811. The SMILES string of the molecule is CCN1CCN(C2(CN)CCC(C)(C)C2)CC1. The smallest absolute Gasteiger partial charge is 0.0338 e. The van der Waals surface area contributed by atoms with Crippen LogP contribution < -0.4 is 5.73 Å². The van der Waals surface area contributed by atoms with Crippen LogP contribution in [0.25, 0.3) is 0 Å². The molecule has 1 heterocycles. The van der Waals surface area contributed by atoms with Crippen LogP contribution >= 0.6 is 0 Å². The summed E-state index contributed by atoms with van der Waals surface area (Å²) in [5.74, 6) is 0. The van der Waals surface area contributed by atoms with Gasteiger partial charge in [0.2, 0.25) is 0 Å². The Bertz CT molecular complexity index is 256. The molecule has 1 saturated heterocycles. The van der Waals surface area contributed by atoms with Crippen molar-refractivity contribution in [2.24, 2.45) is 11.1 Å². The molecule has 0 aromatic rings. The summed E-state index contributed by atoms with van der Waals surface area (Å²) in [6.45, 7) is 13.9. The molecule has 0 bridgehead atoms. The highest BCUT2D eigenvalue weighted by atomic mass is 15.3. The van der Waals surface area contributed by atoms with Crippen LogP contribution in [0.2, 0.25) is 0 Å². The zero-order chi connectivity index (χ0) is 12.5. The first-order valence-corrected chi connectivity index (χ1v) is 7.19. The van der Waals surface area contributed by atoms with E-state index in [1.54, 1.807) is 0 Å². The normalized spacial score (nSPS) is 35.3. The summed E-state index contributed by atoms with van der Waals surface area (Å²) in [6.07, 6.45) is 3.91. The Balaban J connectivity index is 2.00. The standard InChI is InChI=1S/C14H29N3/c1-4-16-7-9-17(10-8-16)14(12-15)6-5-13(2,3)11-14/h4-12,15H2,1-3H3. The maximum Gasteiger partial charge on any atom is 0.0338 e. The lowest BCUT2D eigenvalue weighted by Gasteiger charge is -2.46. The van der Waals surface area contributed by atoms with E-state index in [1.165, 1.54) is 52.0 Å². The number of hydrogen-bond donors (Lipinski definition) is 1. The van der Waals surface area contributed by atoms with Gasteiger partial charge in [0.25, 0.3) is 0 Å². The molecule has 2 rings (SSSR count). The van der Waals surface area contributed by atoms with Gasteiger partial charge in [0.1, 0.15) is 0 Å². The van der Waals surface area contributed by atoms with Gasteiger partial charge in [-0.15, -0.1) is 0 Å². The van der Waals surface area contributed by atoms with Gasteiger partial charge in [-0.05, 0) is 31.2 Å². The lowest BCUT2D eigenvalue weighted by molar-refractivity contribution is 0.0355. The van der Waals surface area contributed by atoms with Gasteiger partial charge in [-0.25, -0.2) is 0 Å². The maximum absolute atomic E-state index is 6.13. The molecule has 1 unspecified atom stereocenters. The maximum atomic E-state index is 6.13. The molecule has 1 aliphatic heterocycles. The van der Waals surface area contributed by atoms with Crippen molar-refractivity contribution in [3.05, 3.63) is 0 Å². The molecule has 2 N–H and O–H groups in total. The molecular formula is C14H29N3. The molecular weight excluding hydrogens is 210 g/mol. The van der Waals surface area contributed by atoms with Crippen LogP contribution in [-0.2, 0) is 0 Å². The van der Waals surface area contributed by atoms with Gasteiger partial charge >= 0.3 is 0 Å².